The molecule has 22 heavy (non-hydrogen) atoms. The van der Waals surface area contributed by atoms with Gasteiger partial charge in [0.25, 0.3) is 0 Å². The van der Waals surface area contributed by atoms with Gasteiger partial charge < -0.3 is 10.6 Å². The van der Waals surface area contributed by atoms with E-state index in [0.29, 0.717) is 19.0 Å². The largest absolute Gasteiger partial charge is 0.335 e. The zero-order valence-electron chi connectivity index (χ0n) is 12.9. The molecule has 3 nitrogen and oxygen atoms in total. The molecule has 1 amide bonds. The molecule has 1 saturated carbocycles. The molecule has 3 rings (SSSR count). The van der Waals surface area contributed by atoms with Gasteiger partial charge in [0.1, 0.15) is 0 Å². The topological polar surface area (TPSA) is 46.3 Å². The summed E-state index contributed by atoms with van der Waals surface area (Å²) in [5.74, 6) is 0.181. The van der Waals surface area contributed by atoms with Crippen molar-refractivity contribution < 1.29 is 4.79 Å². The second kappa shape index (κ2) is 7.12. The van der Waals surface area contributed by atoms with Crippen LogP contribution in [-0.4, -0.2) is 22.9 Å². The first-order chi connectivity index (χ1) is 10.1. The number of amides is 1. The normalized spacial score (nSPS) is 15.2. The third-order valence-electron chi connectivity index (χ3n) is 3.97. The summed E-state index contributed by atoms with van der Waals surface area (Å²) in [6.07, 6.45) is 2.68. The van der Waals surface area contributed by atoms with E-state index in [1.807, 2.05) is 24.0 Å². The van der Waals surface area contributed by atoms with Gasteiger partial charge in [-0.3, -0.25) is 4.79 Å². The minimum atomic E-state index is -0.0737. The number of carbonyl (C=O) groups excluding carboxylic acids is 1. The maximum absolute atomic E-state index is 12.3. The summed E-state index contributed by atoms with van der Waals surface area (Å²) >= 11 is 0. The third kappa shape index (κ3) is 3.99. The molecule has 118 valence electrons. The second-order valence-electron chi connectivity index (χ2n) is 6.12. The molecule has 1 aliphatic carbocycles. The fraction of sp³-hybridized carbons (Fsp3) is 0.389. The smallest absolute Gasteiger partial charge is 0.224 e. The number of nitrogens with zero attached hydrogens (tertiary/aromatic N) is 1. The standard InChI is InChI=1S/C18H22N2O.ClH/c1-13(19)10-18(21)20(17-8-9-17)12-14-6-7-15-4-2-3-5-16(15)11-14;/h2-7,11,13,17H,8-10,12,19H2,1H3;1H. The predicted octanol–water partition coefficient (Wildman–Crippen LogP) is 3.49. The van der Waals surface area contributed by atoms with E-state index < -0.39 is 0 Å². The number of nitrogens with two attached hydrogens (primary N) is 1. The van der Waals surface area contributed by atoms with Gasteiger partial charge in [0.05, 0.1) is 0 Å². The fourth-order valence-corrected chi connectivity index (χ4v) is 2.73. The molecule has 1 aliphatic rings. The Morgan fingerprint density at radius 3 is 2.55 bits per heavy atom. The van der Waals surface area contributed by atoms with Crippen LogP contribution in [0, 0.1) is 0 Å². The fourth-order valence-electron chi connectivity index (χ4n) is 2.73. The van der Waals surface area contributed by atoms with Crippen molar-refractivity contribution in [2.45, 2.75) is 44.8 Å². The second-order valence-corrected chi connectivity index (χ2v) is 6.12. The minimum absolute atomic E-state index is 0. The van der Waals surface area contributed by atoms with Gasteiger partial charge in [0.15, 0.2) is 0 Å². The molecular formula is C18H23ClN2O. The molecule has 0 aromatic heterocycles. The first-order valence-corrected chi connectivity index (χ1v) is 7.66. The Morgan fingerprint density at radius 1 is 1.23 bits per heavy atom. The van der Waals surface area contributed by atoms with E-state index in [2.05, 4.69) is 30.3 Å². The Hall–Kier alpha value is -1.58. The highest BCUT2D eigenvalue weighted by Crippen LogP contribution is 2.29. The van der Waals surface area contributed by atoms with Gasteiger partial charge in [0, 0.05) is 25.0 Å². The summed E-state index contributed by atoms with van der Waals surface area (Å²) in [7, 11) is 0. The molecule has 1 unspecified atom stereocenters. The third-order valence-corrected chi connectivity index (χ3v) is 3.97. The van der Waals surface area contributed by atoms with Gasteiger partial charge in [-0.15, -0.1) is 12.4 Å². The van der Waals surface area contributed by atoms with Crippen molar-refractivity contribution in [1.82, 2.24) is 4.90 Å². The highest BCUT2D eigenvalue weighted by atomic mass is 35.5. The van der Waals surface area contributed by atoms with E-state index >= 15 is 0 Å². The lowest BCUT2D eigenvalue weighted by Gasteiger charge is -2.23. The van der Waals surface area contributed by atoms with Crippen LogP contribution in [0.25, 0.3) is 10.8 Å². The van der Waals surface area contributed by atoms with Crippen molar-refractivity contribution in [2.24, 2.45) is 5.73 Å². The van der Waals surface area contributed by atoms with Gasteiger partial charge in [-0.25, -0.2) is 0 Å². The SMILES string of the molecule is CC(N)CC(=O)N(Cc1ccc2ccccc2c1)C1CC1.Cl. The van der Waals surface area contributed by atoms with Gasteiger partial charge in [-0.2, -0.15) is 0 Å². The lowest BCUT2D eigenvalue weighted by Crippen LogP contribution is -2.36. The van der Waals surface area contributed by atoms with Crippen LogP contribution < -0.4 is 5.73 Å². The van der Waals surface area contributed by atoms with Crippen LogP contribution in [0.15, 0.2) is 42.5 Å². The maximum atomic E-state index is 12.3. The van der Waals surface area contributed by atoms with Crippen LogP contribution in [0.5, 0.6) is 0 Å². The molecule has 0 aliphatic heterocycles. The number of hydrogen-bond acceptors (Lipinski definition) is 2. The number of benzene rings is 2. The van der Waals surface area contributed by atoms with Gasteiger partial charge in [0.2, 0.25) is 5.91 Å². The van der Waals surface area contributed by atoms with Crippen LogP contribution in [0.1, 0.15) is 31.7 Å². The van der Waals surface area contributed by atoms with Gasteiger partial charge >= 0.3 is 0 Å². The molecule has 0 saturated heterocycles. The van der Waals surface area contributed by atoms with E-state index in [4.69, 9.17) is 5.73 Å². The zero-order chi connectivity index (χ0) is 14.8. The monoisotopic (exact) mass is 318 g/mol. The molecule has 1 atom stereocenters. The number of fused-ring (bicyclic) bond motifs is 1. The lowest BCUT2D eigenvalue weighted by atomic mass is 10.1. The van der Waals surface area contributed by atoms with Crippen molar-refractivity contribution in [3.63, 3.8) is 0 Å². The molecule has 2 aromatic carbocycles. The molecule has 2 N–H and O–H groups in total. The van der Waals surface area contributed by atoms with Crippen LogP contribution in [-0.2, 0) is 11.3 Å². The van der Waals surface area contributed by atoms with Crippen LogP contribution in [0.3, 0.4) is 0 Å². The quantitative estimate of drug-likeness (QED) is 0.917. The molecule has 0 heterocycles. The highest BCUT2D eigenvalue weighted by molar-refractivity contribution is 5.85. The summed E-state index contributed by atoms with van der Waals surface area (Å²) in [5.41, 5.74) is 6.97. The zero-order valence-corrected chi connectivity index (χ0v) is 13.7. The van der Waals surface area contributed by atoms with E-state index in [9.17, 15) is 4.79 Å². The first-order valence-electron chi connectivity index (χ1n) is 7.66. The summed E-state index contributed by atoms with van der Waals surface area (Å²) in [4.78, 5) is 14.4. The highest BCUT2D eigenvalue weighted by Gasteiger charge is 2.32. The van der Waals surface area contributed by atoms with Crippen LogP contribution >= 0.6 is 12.4 Å². The molecular weight excluding hydrogens is 296 g/mol. The van der Waals surface area contributed by atoms with E-state index in [-0.39, 0.29) is 24.4 Å². The van der Waals surface area contributed by atoms with Crippen LogP contribution in [0.4, 0.5) is 0 Å². The predicted molar refractivity (Wildman–Crippen MR) is 93.0 cm³/mol. The molecule has 0 spiro atoms. The van der Waals surface area contributed by atoms with Crippen molar-refractivity contribution >= 4 is 29.1 Å². The summed E-state index contributed by atoms with van der Waals surface area (Å²) in [6.45, 7) is 2.58. The van der Waals surface area contributed by atoms with Crippen molar-refractivity contribution in [3.05, 3.63) is 48.0 Å². The number of rotatable bonds is 5. The molecule has 4 heteroatoms. The summed E-state index contributed by atoms with van der Waals surface area (Å²) in [5, 5.41) is 2.46. The van der Waals surface area contributed by atoms with Crippen molar-refractivity contribution in [2.75, 3.05) is 0 Å². The lowest BCUT2D eigenvalue weighted by molar-refractivity contribution is -0.132. The first kappa shape index (κ1) is 16.8. The Bertz CT molecular complexity index is 652. The average Bonchev–Trinajstić information content (AvgIpc) is 3.28. The number of halogens is 1. The van der Waals surface area contributed by atoms with E-state index in [1.54, 1.807) is 0 Å². The van der Waals surface area contributed by atoms with Crippen LogP contribution in [0.2, 0.25) is 0 Å². The Labute approximate surface area is 137 Å². The van der Waals surface area contributed by atoms with Crippen molar-refractivity contribution in [3.8, 4) is 0 Å². The number of carbonyl (C=O) groups is 1. The maximum Gasteiger partial charge on any atom is 0.224 e. The number of hydrogen-bond donors (Lipinski definition) is 1. The molecule has 1 fully saturated rings. The van der Waals surface area contributed by atoms with Gasteiger partial charge in [-0.05, 0) is 42.2 Å². The van der Waals surface area contributed by atoms with E-state index in [1.165, 1.54) is 16.3 Å². The summed E-state index contributed by atoms with van der Waals surface area (Å²) < 4.78 is 0. The van der Waals surface area contributed by atoms with E-state index in [0.717, 1.165) is 12.8 Å². The average molecular weight is 319 g/mol. The Balaban J connectivity index is 0.00000176. The molecule has 0 bridgehead atoms. The van der Waals surface area contributed by atoms with Gasteiger partial charge in [-0.1, -0.05) is 36.4 Å². The Kier molecular flexibility index (Phi) is 5.43. The minimum Gasteiger partial charge on any atom is -0.335 e. The van der Waals surface area contributed by atoms with Crippen molar-refractivity contribution in [1.29, 1.82) is 0 Å². The Morgan fingerprint density at radius 2 is 1.91 bits per heavy atom. The summed E-state index contributed by atoms with van der Waals surface area (Å²) in [6, 6.07) is 15.1. The molecule has 0 radical (unpaired) electrons. The molecule has 2 aromatic rings.